The second kappa shape index (κ2) is 52.6. The number of carboxylic acids is 1. The number of carbonyl (C=O) groups is 14. The molecule has 120 heavy (non-hydrogen) atoms. The second-order valence-corrected chi connectivity index (χ2v) is 33.6. The summed E-state index contributed by atoms with van der Waals surface area (Å²) in [6, 6.07) is 29.2. The van der Waals surface area contributed by atoms with Crippen LogP contribution in [0, 0.1) is 25.7 Å². The van der Waals surface area contributed by atoms with E-state index in [1.165, 1.54) is 47.3 Å². The maximum Gasteiger partial charge on any atom is 0.317 e. The number of nitrogens with zero attached hydrogens (tertiary/aromatic N) is 2. The number of amides is 11. The molecular weight excluding hydrogens is 1570 g/mol. The Hall–Kier alpha value is -10.4. The van der Waals surface area contributed by atoms with Crippen LogP contribution in [0.4, 0.5) is 0 Å². The largest absolute Gasteiger partial charge is 0.480 e. The lowest BCUT2D eigenvalue weighted by Gasteiger charge is -2.29. The minimum Gasteiger partial charge on any atom is -0.480 e. The molecule has 2 aliphatic heterocycles. The molecule has 33 heteroatoms. The molecule has 0 radical (unpaired) electrons. The number of Topliss-reactive ketones (excluding diaryl/α,β-unsaturated/α-hetero) is 2. The van der Waals surface area contributed by atoms with Crippen LogP contribution in [0.5, 0.6) is 0 Å². The van der Waals surface area contributed by atoms with Gasteiger partial charge in [0.05, 0.1) is 19.1 Å². The van der Waals surface area contributed by atoms with Gasteiger partial charge in [-0.1, -0.05) is 188 Å². The van der Waals surface area contributed by atoms with E-state index in [4.69, 9.17) is 16.6 Å². The third-order valence-electron chi connectivity index (χ3n) is 19.5. The van der Waals surface area contributed by atoms with Crippen molar-refractivity contribution in [3.8, 4) is 11.1 Å². The van der Waals surface area contributed by atoms with Gasteiger partial charge in [-0.05, 0) is 119 Å². The molecule has 2 heterocycles. The van der Waals surface area contributed by atoms with Crippen molar-refractivity contribution in [1.82, 2.24) is 73.6 Å². The molecule has 0 aliphatic carbocycles. The lowest BCUT2D eigenvalue weighted by molar-refractivity contribution is -0.140. The molecule has 0 aromatic heterocycles. The van der Waals surface area contributed by atoms with Crippen molar-refractivity contribution in [3.63, 3.8) is 0 Å². The van der Waals surface area contributed by atoms with E-state index in [9.17, 15) is 67.1 Å². The molecule has 654 valence electrons. The first-order valence-electron chi connectivity index (χ1n) is 40.6. The van der Waals surface area contributed by atoms with Crippen LogP contribution in [0.1, 0.15) is 126 Å². The van der Waals surface area contributed by atoms with Gasteiger partial charge >= 0.3 is 5.97 Å². The Kier molecular flexibility index (Phi) is 43.9. The fourth-order valence-corrected chi connectivity index (χ4v) is 15.5. The Bertz CT molecular complexity index is 4190. The van der Waals surface area contributed by atoms with Crippen LogP contribution >= 0.6 is 21.6 Å². The van der Waals surface area contributed by atoms with E-state index in [1.54, 1.807) is 45.0 Å². The summed E-state index contributed by atoms with van der Waals surface area (Å²) in [6.07, 6.45) is 0.839. The summed E-state index contributed by atoms with van der Waals surface area (Å²) in [5, 5.41) is 41.9. The summed E-state index contributed by atoms with van der Waals surface area (Å²) in [4.78, 5) is 188. The molecule has 2 fully saturated rings. The second-order valence-electron chi connectivity index (χ2n) is 31.0. The third kappa shape index (κ3) is 36.7. The molecule has 0 unspecified atom stereocenters. The van der Waals surface area contributed by atoms with E-state index in [-0.39, 0.29) is 74.0 Å². The Labute approximate surface area is 712 Å². The van der Waals surface area contributed by atoms with Gasteiger partial charge in [0.15, 0.2) is 0 Å². The number of hydrogen-bond donors (Lipinski definition) is 15. The van der Waals surface area contributed by atoms with E-state index in [1.807, 2.05) is 150 Å². The predicted molar refractivity (Wildman–Crippen MR) is 466 cm³/mol. The monoisotopic (exact) mass is 1700 g/mol. The molecule has 0 bridgehead atoms. The normalized spacial score (nSPS) is 19.1. The minimum atomic E-state index is -1.50. The first-order chi connectivity index (χ1) is 57.1. The first-order valence-corrected chi connectivity index (χ1v) is 43.1. The topological polar surface area (TPSA) is 462 Å². The van der Waals surface area contributed by atoms with E-state index in [0.717, 1.165) is 65.1 Å². The average Bonchev–Trinajstić information content (AvgIpc) is 1.61. The average molecular weight is 1700 g/mol. The highest BCUT2D eigenvalue weighted by Crippen LogP contribution is 2.26. The number of rotatable bonds is 32. The molecule has 2 saturated heterocycles. The van der Waals surface area contributed by atoms with Crippen LogP contribution in [-0.4, -0.2) is 229 Å². The van der Waals surface area contributed by atoms with Crippen molar-refractivity contribution in [1.29, 1.82) is 0 Å². The number of carbonyl (C=O) groups excluding carboxylic acids is 13. The summed E-state index contributed by atoms with van der Waals surface area (Å²) in [6.45, 7) is 20.6. The van der Waals surface area contributed by atoms with Crippen LogP contribution in [-0.2, 0) is 99.5 Å². The number of likely N-dealkylation sites (tertiary alicyclic amines) is 1. The van der Waals surface area contributed by atoms with Gasteiger partial charge in [0.1, 0.15) is 59.9 Å². The molecule has 17 N–H and O–H groups in total. The van der Waals surface area contributed by atoms with Gasteiger partial charge in [0.2, 0.25) is 65.0 Å². The lowest BCUT2D eigenvalue weighted by Crippen LogP contribution is -2.60. The molecule has 5 aromatic rings. The third-order valence-corrected chi connectivity index (χ3v) is 22.1. The van der Waals surface area contributed by atoms with E-state index in [0.29, 0.717) is 49.2 Å². The smallest absolute Gasteiger partial charge is 0.317 e. The van der Waals surface area contributed by atoms with Gasteiger partial charge in [-0.2, -0.15) is 0 Å². The molecule has 0 spiro atoms. The van der Waals surface area contributed by atoms with Gasteiger partial charge in [0.25, 0.3) is 0 Å². The Balaban J connectivity index is 0.000000416. The summed E-state index contributed by atoms with van der Waals surface area (Å²) in [5.74, 6) is -7.94. The number of nitrogens with two attached hydrogens (primary N) is 2. The molecule has 31 nitrogen and oxygen atoms in total. The number of aryl methyl sites for hydroxylation is 2. The Morgan fingerprint density at radius 3 is 1.72 bits per heavy atom. The predicted octanol–water partition coefficient (Wildman–Crippen LogP) is 2.98. The zero-order valence-electron chi connectivity index (χ0n) is 71.0. The van der Waals surface area contributed by atoms with E-state index in [2.05, 4.69) is 63.8 Å². The fraction of sp³-hybridized carbons (Fsp3) is 0.494. The van der Waals surface area contributed by atoms with Crippen molar-refractivity contribution < 1.29 is 72.2 Å². The molecule has 10 atom stereocenters. The van der Waals surface area contributed by atoms with Crippen molar-refractivity contribution >= 4 is 104 Å². The van der Waals surface area contributed by atoms with Crippen LogP contribution in [0.15, 0.2) is 127 Å². The van der Waals surface area contributed by atoms with Gasteiger partial charge in [-0.3, -0.25) is 72.0 Å². The lowest BCUT2D eigenvalue weighted by atomic mass is 10.00. The SMILES string of the molecule is CC(=O)C[C@@H]1NC(=O)[C@@H](NC(=O)[C@@H]2CCCN2C(=O)[C@@H](N)CC(C)C)CSSC[C@@H](C)NC(=O)[C@H](C(C)C)NC(=O)CNC(=O)[C@H](Cc2ccc(C)cc2)NC(=O)[C@H](Cc2ccc(C)cc2)NC1=O.CC(=O)C[C@H](NC(=O)[C@H](Cc1ccc(-c2ccccc2)cc1)NC(C)=O)C(=O)NCc1cccc(CN)c1.CNCCN(CCNC)CC(=O)O. The molecule has 7 rings (SSSR count). The van der Waals surface area contributed by atoms with Crippen molar-refractivity contribution in [2.75, 3.05) is 71.4 Å². The van der Waals surface area contributed by atoms with Crippen molar-refractivity contribution in [2.24, 2.45) is 23.3 Å². The zero-order chi connectivity index (χ0) is 88.5. The number of carboxylic acid groups (broad SMARTS) is 1. The number of likely N-dealkylation sites (N-methyl/N-ethyl adjacent to an activating group) is 2. The molecule has 11 amide bonds. The first kappa shape index (κ1) is 100. The van der Waals surface area contributed by atoms with Crippen molar-refractivity contribution in [3.05, 3.63) is 166 Å². The van der Waals surface area contributed by atoms with Crippen LogP contribution < -0.4 is 75.3 Å². The summed E-state index contributed by atoms with van der Waals surface area (Å²) in [5.41, 5.74) is 19.9. The molecule has 0 saturated carbocycles. The van der Waals surface area contributed by atoms with Crippen LogP contribution in [0.2, 0.25) is 0 Å². The number of aliphatic carboxylic acids is 1. The molecule has 5 aromatic carbocycles. The maximum atomic E-state index is 14.4. The highest BCUT2D eigenvalue weighted by atomic mass is 33.1. The number of nitrogens with one attached hydrogen (secondary N) is 12. The van der Waals surface area contributed by atoms with Gasteiger partial charge in [-0.15, -0.1) is 0 Å². The minimum absolute atomic E-state index is 0.00324. The standard InChI is InChI=1S/C49H71N9O9S2.C30H34N4O4.C8H19N3O2/c1-27(2)20-35(50)49(67)58-19-9-10-40(58)47(65)56-39-26-69-68-25-31(7)52-48(66)42(28(3)4)57-41(60)24-51-43(61)37(22-33-15-11-29(5)12-16-33)54-45(63)38(23-34-17-13-30(6)14-18-34)55-44(62)36(21-32(8)59)53-46(39)64;1-20(35)15-27(29(37)32-19-24-8-6-7-23(16-24)18-31)34-30(38)28(33-21(2)36)17-22-11-13-26(14-12-22)25-9-4-3-5-10-25;1-9-3-5-11(6-4-10-2)7-8(12)13/h11-18,27-28,31,35-40,42H,9-10,19-26,50H2,1-8H3,(H,51,61)(H,52,66)(H,53,64)(H,54,63)(H,55,62)(H,56,65)(H,57,60);3-14,16,27-28H,15,17-19,31H2,1-2H3,(H,32,37)(H,33,36)(H,34,38);9-10H,3-7H2,1-2H3,(H,12,13)/t31-,35+,36+,37+,38+,39+,40+,42+;27-,28-;/m10./s1. The Morgan fingerprint density at radius 2 is 1.17 bits per heavy atom. The fourth-order valence-electron chi connectivity index (χ4n) is 13.0. The Morgan fingerprint density at radius 1 is 0.608 bits per heavy atom. The number of ketones is 2. The quantitative estimate of drug-likeness (QED) is 0.0275. The summed E-state index contributed by atoms with van der Waals surface area (Å²) < 4.78 is 0. The van der Waals surface area contributed by atoms with Gasteiger partial charge in [0, 0.05) is 102 Å². The van der Waals surface area contributed by atoms with E-state index < -0.39 is 138 Å². The van der Waals surface area contributed by atoms with Crippen LogP contribution in [0.25, 0.3) is 11.1 Å². The van der Waals surface area contributed by atoms with Gasteiger partial charge < -0.3 is 85.3 Å². The van der Waals surface area contributed by atoms with Crippen LogP contribution in [0.3, 0.4) is 0 Å². The van der Waals surface area contributed by atoms with Crippen molar-refractivity contribution in [2.45, 2.75) is 194 Å². The molecule has 2 aliphatic rings. The molecular formula is C87H124N16O15S2. The number of benzene rings is 5. The summed E-state index contributed by atoms with van der Waals surface area (Å²) in [7, 11) is 6.24. The van der Waals surface area contributed by atoms with E-state index >= 15 is 0 Å². The maximum absolute atomic E-state index is 14.4. The highest BCUT2D eigenvalue weighted by molar-refractivity contribution is 8.76. The van der Waals surface area contributed by atoms with Gasteiger partial charge in [-0.25, -0.2) is 0 Å². The highest BCUT2D eigenvalue weighted by Gasteiger charge is 2.40. The zero-order valence-corrected chi connectivity index (χ0v) is 72.6. The summed E-state index contributed by atoms with van der Waals surface area (Å²) >= 11 is 0. The number of hydrogen-bond acceptors (Lipinski definition) is 21.